The molecule has 0 aliphatic heterocycles. The summed E-state index contributed by atoms with van der Waals surface area (Å²) in [5, 5.41) is 8.78. The zero-order chi connectivity index (χ0) is 12.0. The molecule has 2 nitrogen and oxygen atoms in total. The van der Waals surface area contributed by atoms with Crippen molar-refractivity contribution in [2.45, 2.75) is 0 Å². The van der Waals surface area contributed by atoms with Crippen LogP contribution in [0.15, 0.2) is 46.5 Å². The Balaban J connectivity index is 2.96. The maximum absolute atomic E-state index is 8.78. The molecular formula is C12H9BrN2S. The number of hydrogen-bond donors (Lipinski definition) is 1. The van der Waals surface area contributed by atoms with Gasteiger partial charge in [-0.15, -0.1) is 0 Å². The van der Waals surface area contributed by atoms with Crippen LogP contribution in [-0.4, -0.2) is 4.99 Å². The summed E-state index contributed by atoms with van der Waals surface area (Å²) in [5.74, 6) is 0. The van der Waals surface area contributed by atoms with Gasteiger partial charge < -0.3 is 5.73 Å². The van der Waals surface area contributed by atoms with E-state index in [1.165, 1.54) is 0 Å². The average Bonchev–Trinajstić information content (AvgIpc) is 2.27. The van der Waals surface area contributed by atoms with Crippen LogP contribution in [0.25, 0.3) is 6.08 Å². The Morgan fingerprint density at radius 2 is 2.00 bits per heavy atom. The molecular weight excluding hydrogens is 284 g/mol. The molecule has 4 heteroatoms. The van der Waals surface area contributed by atoms with E-state index < -0.39 is 0 Å². The maximum atomic E-state index is 8.78. The molecule has 0 unspecified atom stereocenters. The lowest BCUT2D eigenvalue weighted by Gasteiger charge is -1.95. The van der Waals surface area contributed by atoms with E-state index in [2.05, 4.69) is 15.9 Å². The van der Waals surface area contributed by atoms with Gasteiger partial charge in [0.05, 0.1) is 5.57 Å². The van der Waals surface area contributed by atoms with Crippen molar-refractivity contribution in [1.82, 2.24) is 0 Å². The van der Waals surface area contributed by atoms with Crippen LogP contribution in [0.4, 0.5) is 0 Å². The van der Waals surface area contributed by atoms with Gasteiger partial charge in [-0.05, 0) is 17.7 Å². The van der Waals surface area contributed by atoms with Crippen LogP contribution in [-0.2, 0) is 0 Å². The van der Waals surface area contributed by atoms with E-state index in [4.69, 9.17) is 23.2 Å². The lowest BCUT2D eigenvalue weighted by molar-refractivity contribution is 1.51. The predicted octanol–water partition coefficient (Wildman–Crippen LogP) is 3.16. The van der Waals surface area contributed by atoms with Crippen LogP contribution < -0.4 is 5.73 Å². The van der Waals surface area contributed by atoms with Crippen LogP contribution in [0.1, 0.15) is 5.56 Å². The Labute approximate surface area is 108 Å². The van der Waals surface area contributed by atoms with Gasteiger partial charge in [-0.2, -0.15) is 5.26 Å². The van der Waals surface area contributed by atoms with Crippen LogP contribution in [0.2, 0.25) is 0 Å². The van der Waals surface area contributed by atoms with E-state index in [1.54, 1.807) is 6.08 Å². The SMILES string of the molecule is N#C/C(=C\C(Br)=C\c1ccccc1)C(N)=S. The Bertz CT molecular complexity index is 483. The van der Waals surface area contributed by atoms with Crippen molar-refractivity contribution in [2.24, 2.45) is 5.73 Å². The molecule has 1 aromatic carbocycles. The monoisotopic (exact) mass is 292 g/mol. The molecule has 0 heterocycles. The first kappa shape index (κ1) is 12.6. The number of hydrogen-bond acceptors (Lipinski definition) is 2. The average molecular weight is 293 g/mol. The molecule has 0 fully saturated rings. The maximum Gasteiger partial charge on any atom is 0.114 e. The Morgan fingerprint density at radius 3 is 2.50 bits per heavy atom. The molecule has 0 amide bonds. The second kappa shape index (κ2) is 6.21. The molecule has 0 aliphatic rings. The molecule has 0 aliphatic carbocycles. The fourth-order valence-corrected chi connectivity index (χ4v) is 1.64. The first-order valence-electron chi connectivity index (χ1n) is 4.47. The van der Waals surface area contributed by atoms with Crippen molar-refractivity contribution in [2.75, 3.05) is 0 Å². The molecule has 0 atom stereocenters. The van der Waals surface area contributed by atoms with Gasteiger partial charge in [0.2, 0.25) is 0 Å². The van der Waals surface area contributed by atoms with Gasteiger partial charge in [-0.25, -0.2) is 0 Å². The molecule has 0 spiro atoms. The van der Waals surface area contributed by atoms with E-state index >= 15 is 0 Å². The van der Waals surface area contributed by atoms with Gasteiger partial charge in [0.25, 0.3) is 0 Å². The van der Waals surface area contributed by atoms with Crippen molar-refractivity contribution in [3.05, 3.63) is 52.0 Å². The second-order valence-corrected chi connectivity index (χ2v) is 4.33. The highest BCUT2D eigenvalue weighted by Gasteiger charge is 1.99. The number of rotatable bonds is 3. The minimum Gasteiger partial charge on any atom is -0.389 e. The van der Waals surface area contributed by atoms with Crippen LogP contribution in [0, 0.1) is 11.3 Å². The molecule has 80 valence electrons. The van der Waals surface area contributed by atoms with Crippen LogP contribution in [0.3, 0.4) is 0 Å². The number of halogens is 1. The summed E-state index contributed by atoms with van der Waals surface area (Å²) < 4.78 is 0.753. The fourth-order valence-electron chi connectivity index (χ4n) is 1.05. The van der Waals surface area contributed by atoms with Crippen molar-refractivity contribution in [1.29, 1.82) is 5.26 Å². The molecule has 0 aromatic heterocycles. The number of nitrogens with two attached hydrogens (primary N) is 1. The normalized spacial score (nSPS) is 12.0. The quantitative estimate of drug-likeness (QED) is 0.403. The second-order valence-electron chi connectivity index (χ2n) is 2.97. The van der Waals surface area contributed by atoms with Crippen molar-refractivity contribution in [3.8, 4) is 6.07 Å². The molecule has 0 bridgehead atoms. The van der Waals surface area contributed by atoms with Gasteiger partial charge in [-0.1, -0.05) is 58.5 Å². The van der Waals surface area contributed by atoms with Gasteiger partial charge in [0.15, 0.2) is 0 Å². The van der Waals surface area contributed by atoms with E-state index in [0.29, 0.717) is 0 Å². The molecule has 1 aromatic rings. The zero-order valence-corrected chi connectivity index (χ0v) is 10.8. The minimum atomic E-state index is 0.0981. The number of thiocarbonyl (C=S) groups is 1. The number of benzene rings is 1. The number of nitrogens with zero attached hydrogens (tertiary/aromatic N) is 1. The predicted molar refractivity (Wildman–Crippen MR) is 73.8 cm³/mol. The zero-order valence-electron chi connectivity index (χ0n) is 8.35. The van der Waals surface area contributed by atoms with Gasteiger partial charge >= 0.3 is 0 Å². The lowest BCUT2D eigenvalue weighted by Crippen LogP contribution is -2.09. The largest absolute Gasteiger partial charge is 0.389 e. The summed E-state index contributed by atoms with van der Waals surface area (Å²) in [6, 6.07) is 11.7. The summed E-state index contributed by atoms with van der Waals surface area (Å²) in [4.78, 5) is 0.0981. The lowest BCUT2D eigenvalue weighted by atomic mass is 10.2. The third kappa shape index (κ3) is 3.97. The third-order valence-electron chi connectivity index (χ3n) is 1.77. The van der Waals surface area contributed by atoms with Crippen LogP contribution in [0.5, 0.6) is 0 Å². The minimum absolute atomic E-state index is 0.0981. The highest BCUT2D eigenvalue weighted by Crippen LogP contribution is 2.15. The highest BCUT2D eigenvalue weighted by atomic mass is 79.9. The van der Waals surface area contributed by atoms with Crippen molar-refractivity contribution < 1.29 is 0 Å². The Hall–Kier alpha value is -1.44. The Kier molecular flexibility index (Phi) is 4.90. The topological polar surface area (TPSA) is 49.8 Å². The van der Waals surface area contributed by atoms with E-state index in [9.17, 15) is 0 Å². The summed E-state index contributed by atoms with van der Waals surface area (Å²) in [6.45, 7) is 0. The summed E-state index contributed by atoms with van der Waals surface area (Å²) in [5.41, 5.74) is 6.70. The first-order chi connectivity index (χ1) is 7.63. The molecule has 16 heavy (non-hydrogen) atoms. The third-order valence-corrected chi connectivity index (χ3v) is 2.45. The highest BCUT2D eigenvalue weighted by molar-refractivity contribution is 9.12. The Morgan fingerprint density at radius 1 is 1.38 bits per heavy atom. The summed E-state index contributed by atoms with van der Waals surface area (Å²) in [6.07, 6.45) is 3.49. The van der Waals surface area contributed by atoms with E-state index in [0.717, 1.165) is 10.0 Å². The van der Waals surface area contributed by atoms with Crippen molar-refractivity contribution in [3.63, 3.8) is 0 Å². The van der Waals surface area contributed by atoms with E-state index in [1.807, 2.05) is 42.5 Å². The van der Waals surface area contributed by atoms with Crippen molar-refractivity contribution >= 4 is 39.2 Å². The summed E-state index contributed by atoms with van der Waals surface area (Å²) in [7, 11) is 0. The molecule has 2 N–H and O–H groups in total. The van der Waals surface area contributed by atoms with Crippen LogP contribution >= 0.6 is 28.1 Å². The molecule has 0 saturated heterocycles. The fraction of sp³-hybridized carbons (Fsp3) is 0. The molecule has 0 radical (unpaired) electrons. The molecule has 1 rings (SSSR count). The number of nitriles is 1. The number of allylic oxidation sites excluding steroid dienone is 2. The summed E-state index contributed by atoms with van der Waals surface area (Å²) >= 11 is 8.08. The van der Waals surface area contributed by atoms with Gasteiger partial charge in [0, 0.05) is 4.48 Å². The van der Waals surface area contributed by atoms with Gasteiger partial charge in [0.1, 0.15) is 11.1 Å². The van der Waals surface area contributed by atoms with E-state index in [-0.39, 0.29) is 10.6 Å². The smallest absolute Gasteiger partial charge is 0.114 e. The standard InChI is InChI=1S/C12H9BrN2S/c13-11(7-10(8-14)12(15)16)6-9-4-2-1-3-5-9/h1-7H,(H2,15,16)/b10-7+,11-6-. The molecule has 0 saturated carbocycles. The first-order valence-corrected chi connectivity index (χ1v) is 5.67. The van der Waals surface area contributed by atoms with Gasteiger partial charge in [-0.3, -0.25) is 0 Å².